The van der Waals surface area contributed by atoms with Gasteiger partial charge in [0.05, 0.1) is 20.8 Å². The maximum absolute atomic E-state index is 11.9. The molecule has 0 spiro atoms. The number of carbonyl (C=O) groups is 1. The van der Waals surface area contributed by atoms with Gasteiger partial charge in [0.15, 0.2) is 5.78 Å². The Morgan fingerprint density at radius 2 is 1.83 bits per heavy atom. The van der Waals surface area contributed by atoms with E-state index in [1.165, 1.54) is 14.2 Å². The van der Waals surface area contributed by atoms with E-state index < -0.39 is 0 Å². The van der Waals surface area contributed by atoms with Crippen LogP contribution >= 0.6 is 27.5 Å². The number of benzene rings is 1. The van der Waals surface area contributed by atoms with Gasteiger partial charge in [0.25, 0.3) is 0 Å². The van der Waals surface area contributed by atoms with Crippen molar-refractivity contribution in [2.75, 3.05) is 33.3 Å². The molecule has 1 aromatic rings. The predicted molar refractivity (Wildman–Crippen MR) is 73.1 cm³/mol. The van der Waals surface area contributed by atoms with Crippen molar-refractivity contribution in [1.29, 1.82) is 0 Å². The van der Waals surface area contributed by atoms with E-state index in [1.54, 1.807) is 12.1 Å². The SMILES string of the molecule is COc1cc(C(=O)COCCCl)cc(OC)c1Br. The minimum atomic E-state index is -0.149. The lowest BCUT2D eigenvalue weighted by Crippen LogP contribution is -2.11. The third kappa shape index (κ3) is 3.86. The Hall–Kier alpha value is -0.780. The van der Waals surface area contributed by atoms with Crippen LogP contribution in [0.1, 0.15) is 10.4 Å². The minimum Gasteiger partial charge on any atom is -0.495 e. The van der Waals surface area contributed by atoms with Gasteiger partial charge in [-0.05, 0) is 28.1 Å². The third-order valence-electron chi connectivity index (χ3n) is 2.22. The van der Waals surface area contributed by atoms with Gasteiger partial charge in [-0.3, -0.25) is 4.79 Å². The molecule has 0 unspecified atom stereocenters. The van der Waals surface area contributed by atoms with E-state index >= 15 is 0 Å². The van der Waals surface area contributed by atoms with Crippen molar-refractivity contribution in [3.63, 3.8) is 0 Å². The Labute approximate surface area is 119 Å². The highest BCUT2D eigenvalue weighted by atomic mass is 79.9. The van der Waals surface area contributed by atoms with Crippen LogP contribution in [-0.2, 0) is 4.74 Å². The summed E-state index contributed by atoms with van der Waals surface area (Å²) in [6, 6.07) is 3.28. The molecule has 0 saturated carbocycles. The number of ketones is 1. The molecule has 6 heteroatoms. The first-order chi connectivity index (χ1) is 8.63. The molecule has 0 atom stereocenters. The quantitative estimate of drug-likeness (QED) is 0.436. The summed E-state index contributed by atoms with van der Waals surface area (Å²) in [5.74, 6) is 1.29. The molecule has 0 aromatic heterocycles. The van der Waals surface area contributed by atoms with Crippen LogP contribution in [0.2, 0.25) is 0 Å². The second kappa shape index (κ2) is 7.61. The molecule has 0 radical (unpaired) electrons. The van der Waals surface area contributed by atoms with Gasteiger partial charge in [-0.2, -0.15) is 0 Å². The summed E-state index contributed by atoms with van der Waals surface area (Å²) >= 11 is 8.80. The Kier molecular flexibility index (Phi) is 6.46. The lowest BCUT2D eigenvalue weighted by molar-refractivity contribution is 0.0786. The summed E-state index contributed by atoms with van der Waals surface area (Å²) in [6.07, 6.45) is 0. The molecule has 0 aliphatic carbocycles. The summed E-state index contributed by atoms with van der Waals surface area (Å²) in [4.78, 5) is 11.9. The lowest BCUT2D eigenvalue weighted by atomic mass is 10.1. The number of methoxy groups -OCH3 is 2. The molecule has 1 rings (SSSR count). The minimum absolute atomic E-state index is 0.0132. The van der Waals surface area contributed by atoms with Gasteiger partial charge in [0.2, 0.25) is 0 Å². The van der Waals surface area contributed by atoms with Crippen LogP contribution in [0.3, 0.4) is 0 Å². The van der Waals surface area contributed by atoms with Crippen molar-refractivity contribution in [3.05, 3.63) is 22.2 Å². The number of alkyl halides is 1. The second-order valence-electron chi connectivity index (χ2n) is 3.36. The van der Waals surface area contributed by atoms with Crippen molar-refractivity contribution in [1.82, 2.24) is 0 Å². The average molecular weight is 338 g/mol. The highest BCUT2D eigenvalue weighted by Gasteiger charge is 2.14. The van der Waals surface area contributed by atoms with Gasteiger partial charge < -0.3 is 14.2 Å². The van der Waals surface area contributed by atoms with E-state index in [4.69, 9.17) is 25.8 Å². The molecule has 4 nitrogen and oxygen atoms in total. The van der Waals surface area contributed by atoms with Crippen LogP contribution in [-0.4, -0.2) is 39.1 Å². The van der Waals surface area contributed by atoms with Gasteiger partial charge in [0.1, 0.15) is 22.6 Å². The number of Topliss-reactive ketones (excluding diaryl/α,β-unsaturated/α-hetero) is 1. The van der Waals surface area contributed by atoms with E-state index in [1.807, 2.05) is 0 Å². The number of halogens is 2. The smallest absolute Gasteiger partial charge is 0.188 e. The number of carbonyl (C=O) groups excluding carboxylic acids is 1. The zero-order chi connectivity index (χ0) is 13.5. The van der Waals surface area contributed by atoms with Gasteiger partial charge >= 0.3 is 0 Å². The van der Waals surface area contributed by atoms with Crippen LogP contribution in [0.4, 0.5) is 0 Å². The standard InChI is InChI=1S/C12H14BrClO4/c1-16-10-5-8(6-11(17-2)12(10)13)9(15)7-18-4-3-14/h5-6H,3-4,7H2,1-2H3. The number of hydrogen-bond acceptors (Lipinski definition) is 4. The van der Waals surface area contributed by atoms with Crippen LogP contribution in [0, 0.1) is 0 Å². The molecular weight excluding hydrogens is 323 g/mol. The van der Waals surface area contributed by atoms with Crippen molar-refractivity contribution in [2.24, 2.45) is 0 Å². The summed E-state index contributed by atoms with van der Waals surface area (Å²) in [5.41, 5.74) is 0.474. The molecule has 0 N–H and O–H groups in total. The first-order valence-corrected chi connectivity index (χ1v) is 6.55. The fraction of sp³-hybridized carbons (Fsp3) is 0.417. The monoisotopic (exact) mass is 336 g/mol. The van der Waals surface area contributed by atoms with E-state index in [0.29, 0.717) is 34.0 Å². The molecule has 0 heterocycles. The van der Waals surface area contributed by atoms with Crippen molar-refractivity contribution < 1.29 is 19.0 Å². The van der Waals surface area contributed by atoms with Gasteiger partial charge in [0, 0.05) is 11.4 Å². The van der Waals surface area contributed by atoms with Crippen LogP contribution < -0.4 is 9.47 Å². The Bertz CT molecular complexity index is 398. The van der Waals surface area contributed by atoms with Crippen molar-refractivity contribution in [3.8, 4) is 11.5 Å². The molecule has 0 amide bonds. The fourth-order valence-corrected chi connectivity index (χ4v) is 1.99. The van der Waals surface area contributed by atoms with E-state index in [0.717, 1.165) is 0 Å². The Morgan fingerprint density at radius 1 is 1.28 bits per heavy atom. The number of hydrogen-bond donors (Lipinski definition) is 0. The lowest BCUT2D eigenvalue weighted by Gasteiger charge is -2.11. The molecule has 0 saturated heterocycles. The molecule has 100 valence electrons. The van der Waals surface area contributed by atoms with Gasteiger partial charge in [-0.25, -0.2) is 0 Å². The molecule has 18 heavy (non-hydrogen) atoms. The topological polar surface area (TPSA) is 44.8 Å². The zero-order valence-electron chi connectivity index (χ0n) is 10.2. The Morgan fingerprint density at radius 3 is 2.28 bits per heavy atom. The summed E-state index contributed by atoms with van der Waals surface area (Å²) in [7, 11) is 3.05. The molecule has 1 aromatic carbocycles. The third-order valence-corrected chi connectivity index (χ3v) is 3.16. The molecular formula is C12H14BrClO4. The Balaban J connectivity index is 2.91. The molecule has 0 aliphatic rings. The summed E-state index contributed by atoms with van der Waals surface area (Å²) in [6.45, 7) is 0.332. The first kappa shape index (κ1) is 15.3. The predicted octanol–water partition coefficient (Wildman–Crippen LogP) is 2.90. The van der Waals surface area contributed by atoms with Gasteiger partial charge in [-0.1, -0.05) is 0 Å². The van der Waals surface area contributed by atoms with Crippen LogP contribution in [0.25, 0.3) is 0 Å². The maximum Gasteiger partial charge on any atom is 0.188 e. The summed E-state index contributed by atoms with van der Waals surface area (Å²) in [5, 5.41) is 0. The van der Waals surface area contributed by atoms with E-state index in [2.05, 4.69) is 15.9 Å². The van der Waals surface area contributed by atoms with Gasteiger partial charge in [-0.15, -0.1) is 11.6 Å². The number of rotatable bonds is 7. The largest absolute Gasteiger partial charge is 0.495 e. The molecule has 0 aliphatic heterocycles. The highest BCUT2D eigenvalue weighted by molar-refractivity contribution is 9.10. The summed E-state index contributed by atoms with van der Waals surface area (Å²) < 4.78 is 16.1. The molecule has 0 bridgehead atoms. The average Bonchev–Trinajstić information content (AvgIpc) is 2.39. The fourth-order valence-electron chi connectivity index (χ4n) is 1.33. The van der Waals surface area contributed by atoms with Crippen molar-refractivity contribution >= 4 is 33.3 Å². The normalized spacial score (nSPS) is 10.2. The molecule has 0 fully saturated rings. The maximum atomic E-state index is 11.9. The van der Waals surface area contributed by atoms with Crippen LogP contribution in [0.15, 0.2) is 16.6 Å². The van der Waals surface area contributed by atoms with Crippen LogP contribution in [0.5, 0.6) is 11.5 Å². The van der Waals surface area contributed by atoms with Crippen molar-refractivity contribution in [2.45, 2.75) is 0 Å². The number of ether oxygens (including phenoxy) is 3. The van der Waals surface area contributed by atoms with E-state index in [-0.39, 0.29) is 12.4 Å². The first-order valence-electron chi connectivity index (χ1n) is 5.22. The zero-order valence-corrected chi connectivity index (χ0v) is 12.5. The second-order valence-corrected chi connectivity index (χ2v) is 4.53. The highest BCUT2D eigenvalue weighted by Crippen LogP contribution is 2.35. The van der Waals surface area contributed by atoms with E-state index in [9.17, 15) is 4.79 Å².